The molecule has 1 fully saturated rings. The first-order chi connectivity index (χ1) is 12.7. The Balaban J connectivity index is 1.61. The zero-order chi connectivity index (χ0) is 18.4. The lowest BCUT2D eigenvalue weighted by Crippen LogP contribution is -2.48. The van der Waals surface area contributed by atoms with Gasteiger partial charge in [-0.05, 0) is 43.4 Å². The van der Waals surface area contributed by atoms with Crippen LogP contribution in [0.15, 0.2) is 54.6 Å². The van der Waals surface area contributed by atoms with Gasteiger partial charge in [0.25, 0.3) is 0 Å². The molecule has 3 nitrogen and oxygen atoms in total. The molecule has 0 bridgehead atoms. The highest BCUT2D eigenvalue weighted by Gasteiger charge is 2.28. The molecule has 0 saturated carbocycles. The fourth-order valence-corrected chi connectivity index (χ4v) is 3.87. The van der Waals surface area contributed by atoms with Gasteiger partial charge in [0.1, 0.15) is 0 Å². The van der Waals surface area contributed by atoms with E-state index in [0.717, 1.165) is 44.6 Å². The van der Waals surface area contributed by atoms with Crippen LogP contribution in [-0.4, -0.2) is 36.5 Å². The van der Waals surface area contributed by atoms with E-state index in [1.54, 1.807) is 0 Å². The van der Waals surface area contributed by atoms with Crippen molar-refractivity contribution in [3.8, 4) is 0 Å². The van der Waals surface area contributed by atoms with Gasteiger partial charge in [-0.2, -0.15) is 0 Å². The second-order valence-corrected chi connectivity index (χ2v) is 7.21. The van der Waals surface area contributed by atoms with Crippen LogP contribution in [0.2, 0.25) is 0 Å². The molecule has 0 aromatic heterocycles. The van der Waals surface area contributed by atoms with E-state index >= 15 is 0 Å². The SMILES string of the molecule is CCC(=O)N(c1ccccc1C)C1CCN(CCc2ccccc2)CC1. The molecule has 0 radical (unpaired) electrons. The molecule has 0 aliphatic carbocycles. The first-order valence-electron chi connectivity index (χ1n) is 9.83. The summed E-state index contributed by atoms with van der Waals surface area (Å²) < 4.78 is 0. The second-order valence-electron chi connectivity index (χ2n) is 7.21. The smallest absolute Gasteiger partial charge is 0.226 e. The van der Waals surface area contributed by atoms with E-state index in [1.807, 2.05) is 19.1 Å². The number of para-hydroxylation sites is 1. The largest absolute Gasteiger partial charge is 0.309 e. The van der Waals surface area contributed by atoms with Crippen LogP contribution >= 0.6 is 0 Å². The molecule has 1 aliphatic heterocycles. The van der Waals surface area contributed by atoms with Gasteiger partial charge >= 0.3 is 0 Å². The Morgan fingerprint density at radius 2 is 1.69 bits per heavy atom. The minimum atomic E-state index is 0.238. The first kappa shape index (κ1) is 18.7. The van der Waals surface area contributed by atoms with Crippen LogP contribution in [0.1, 0.15) is 37.3 Å². The van der Waals surface area contributed by atoms with Gasteiger partial charge in [0, 0.05) is 37.8 Å². The van der Waals surface area contributed by atoms with Crippen LogP contribution in [0, 0.1) is 6.92 Å². The van der Waals surface area contributed by atoms with Gasteiger partial charge in [-0.25, -0.2) is 0 Å². The number of piperidine rings is 1. The highest BCUT2D eigenvalue weighted by atomic mass is 16.2. The van der Waals surface area contributed by atoms with Crippen molar-refractivity contribution in [3.63, 3.8) is 0 Å². The van der Waals surface area contributed by atoms with Crippen molar-refractivity contribution >= 4 is 11.6 Å². The summed E-state index contributed by atoms with van der Waals surface area (Å²) >= 11 is 0. The number of hydrogen-bond donors (Lipinski definition) is 0. The normalized spacial score (nSPS) is 15.8. The molecule has 1 aliphatic rings. The topological polar surface area (TPSA) is 23.6 Å². The molecule has 0 atom stereocenters. The third-order valence-electron chi connectivity index (χ3n) is 5.43. The number of carbonyl (C=O) groups is 1. The number of benzene rings is 2. The van der Waals surface area contributed by atoms with E-state index in [-0.39, 0.29) is 5.91 Å². The molecule has 0 unspecified atom stereocenters. The van der Waals surface area contributed by atoms with Crippen LogP contribution in [-0.2, 0) is 11.2 Å². The van der Waals surface area contributed by atoms with E-state index in [1.165, 1.54) is 11.1 Å². The molecule has 26 heavy (non-hydrogen) atoms. The number of aryl methyl sites for hydroxylation is 1. The van der Waals surface area contributed by atoms with Crippen LogP contribution in [0.25, 0.3) is 0 Å². The Morgan fingerprint density at radius 1 is 1.04 bits per heavy atom. The molecule has 2 aromatic carbocycles. The van der Waals surface area contributed by atoms with Crippen LogP contribution in [0.5, 0.6) is 0 Å². The Morgan fingerprint density at radius 3 is 2.35 bits per heavy atom. The summed E-state index contributed by atoms with van der Waals surface area (Å²) in [5.41, 5.74) is 3.67. The molecule has 1 saturated heterocycles. The zero-order valence-corrected chi connectivity index (χ0v) is 16.0. The third kappa shape index (κ3) is 4.53. The summed E-state index contributed by atoms with van der Waals surface area (Å²) in [7, 11) is 0. The lowest BCUT2D eigenvalue weighted by atomic mass is 10.00. The van der Waals surface area contributed by atoms with Gasteiger partial charge in [-0.15, -0.1) is 0 Å². The quantitative estimate of drug-likeness (QED) is 0.769. The fourth-order valence-electron chi connectivity index (χ4n) is 3.87. The molecule has 138 valence electrons. The highest BCUT2D eigenvalue weighted by molar-refractivity contribution is 5.94. The molecule has 0 N–H and O–H groups in total. The average Bonchev–Trinajstić information content (AvgIpc) is 2.69. The standard InChI is InChI=1S/C23H30N2O/c1-3-23(26)25(22-12-8-7-9-19(22)2)21-14-17-24(18-15-21)16-13-20-10-5-4-6-11-20/h4-12,21H,3,13-18H2,1-2H3. The number of carbonyl (C=O) groups excluding carboxylic acids is 1. The molecule has 2 aromatic rings. The number of rotatable bonds is 6. The number of amides is 1. The summed E-state index contributed by atoms with van der Waals surface area (Å²) in [6.45, 7) is 7.29. The van der Waals surface area contributed by atoms with E-state index < -0.39 is 0 Å². The van der Waals surface area contributed by atoms with Crippen molar-refractivity contribution in [1.29, 1.82) is 0 Å². The molecular weight excluding hydrogens is 320 g/mol. The lowest BCUT2D eigenvalue weighted by Gasteiger charge is -2.39. The molecule has 1 heterocycles. The van der Waals surface area contributed by atoms with Crippen molar-refractivity contribution in [2.45, 2.75) is 45.6 Å². The summed E-state index contributed by atoms with van der Waals surface area (Å²) in [6, 6.07) is 19.3. The number of nitrogens with zero attached hydrogens (tertiary/aromatic N) is 2. The zero-order valence-electron chi connectivity index (χ0n) is 16.0. The fraction of sp³-hybridized carbons (Fsp3) is 0.435. The maximum atomic E-state index is 12.7. The average molecular weight is 351 g/mol. The molecule has 3 heteroatoms. The maximum absolute atomic E-state index is 12.7. The van der Waals surface area contributed by atoms with Gasteiger partial charge in [0.15, 0.2) is 0 Å². The van der Waals surface area contributed by atoms with Crippen molar-refractivity contribution in [3.05, 3.63) is 65.7 Å². The summed E-state index contributed by atoms with van der Waals surface area (Å²) in [6.07, 6.45) is 3.76. The molecular formula is C23H30N2O. The number of anilines is 1. The maximum Gasteiger partial charge on any atom is 0.226 e. The minimum absolute atomic E-state index is 0.238. The summed E-state index contributed by atoms with van der Waals surface area (Å²) in [5, 5.41) is 0. The van der Waals surface area contributed by atoms with Gasteiger partial charge in [-0.3, -0.25) is 4.79 Å². The summed E-state index contributed by atoms with van der Waals surface area (Å²) in [4.78, 5) is 17.3. The molecule has 1 amide bonds. The van der Waals surface area contributed by atoms with Crippen molar-refractivity contribution in [2.75, 3.05) is 24.5 Å². The van der Waals surface area contributed by atoms with E-state index in [2.05, 4.69) is 59.2 Å². The number of hydrogen-bond acceptors (Lipinski definition) is 2. The van der Waals surface area contributed by atoms with Crippen molar-refractivity contribution in [1.82, 2.24) is 4.90 Å². The van der Waals surface area contributed by atoms with Gasteiger partial charge in [0.05, 0.1) is 0 Å². The van der Waals surface area contributed by atoms with Crippen molar-refractivity contribution in [2.24, 2.45) is 0 Å². The highest BCUT2D eigenvalue weighted by Crippen LogP contribution is 2.27. The first-order valence-corrected chi connectivity index (χ1v) is 9.83. The predicted octanol–water partition coefficient (Wildman–Crippen LogP) is 4.45. The van der Waals surface area contributed by atoms with Crippen LogP contribution < -0.4 is 4.90 Å². The van der Waals surface area contributed by atoms with Crippen LogP contribution in [0.3, 0.4) is 0 Å². The van der Waals surface area contributed by atoms with E-state index in [4.69, 9.17) is 0 Å². The summed E-state index contributed by atoms with van der Waals surface area (Å²) in [5.74, 6) is 0.238. The third-order valence-corrected chi connectivity index (χ3v) is 5.43. The lowest BCUT2D eigenvalue weighted by molar-refractivity contribution is -0.119. The Hall–Kier alpha value is -2.13. The van der Waals surface area contributed by atoms with E-state index in [9.17, 15) is 4.79 Å². The predicted molar refractivity (Wildman–Crippen MR) is 109 cm³/mol. The molecule has 0 spiro atoms. The van der Waals surface area contributed by atoms with Gasteiger partial charge in [-0.1, -0.05) is 55.5 Å². The Bertz CT molecular complexity index is 705. The van der Waals surface area contributed by atoms with Gasteiger partial charge < -0.3 is 9.80 Å². The Kier molecular flexibility index (Phi) is 6.45. The second kappa shape index (κ2) is 9.00. The number of likely N-dealkylation sites (tertiary alicyclic amines) is 1. The minimum Gasteiger partial charge on any atom is -0.309 e. The monoisotopic (exact) mass is 350 g/mol. The van der Waals surface area contributed by atoms with Gasteiger partial charge in [0.2, 0.25) is 5.91 Å². The molecule has 3 rings (SSSR count). The van der Waals surface area contributed by atoms with Crippen LogP contribution in [0.4, 0.5) is 5.69 Å². The van der Waals surface area contributed by atoms with Crippen molar-refractivity contribution < 1.29 is 4.79 Å². The van der Waals surface area contributed by atoms with E-state index in [0.29, 0.717) is 12.5 Å². The Labute approximate surface area is 157 Å².